The van der Waals surface area contributed by atoms with Gasteiger partial charge in [-0.05, 0) is 44.2 Å². The SMILES string of the molecule is CC(=O)c1cc(C(C)=O)cc(S(=O)(=O)Nc2cccc3c2CC(=O)N3)c1. The highest BCUT2D eigenvalue weighted by atomic mass is 32.2. The minimum atomic E-state index is -4.06. The van der Waals surface area contributed by atoms with Crippen LogP contribution in [0.1, 0.15) is 40.1 Å². The van der Waals surface area contributed by atoms with Gasteiger partial charge in [0.2, 0.25) is 5.91 Å². The first-order valence-electron chi connectivity index (χ1n) is 7.79. The first kappa shape index (κ1) is 17.8. The van der Waals surface area contributed by atoms with Crippen LogP contribution in [0.2, 0.25) is 0 Å². The van der Waals surface area contributed by atoms with Crippen LogP contribution in [0.25, 0.3) is 0 Å². The number of fused-ring (bicyclic) bond motifs is 1. The smallest absolute Gasteiger partial charge is 0.261 e. The number of sulfonamides is 1. The number of hydrogen-bond donors (Lipinski definition) is 2. The van der Waals surface area contributed by atoms with E-state index in [1.165, 1.54) is 32.0 Å². The van der Waals surface area contributed by atoms with Gasteiger partial charge in [0.15, 0.2) is 11.6 Å². The third-order valence-corrected chi connectivity index (χ3v) is 5.41. The number of carbonyl (C=O) groups excluding carboxylic acids is 3. The van der Waals surface area contributed by atoms with Gasteiger partial charge in [0.05, 0.1) is 17.0 Å². The van der Waals surface area contributed by atoms with Crippen molar-refractivity contribution in [1.29, 1.82) is 0 Å². The molecule has 1 aliphatic heterocycles. The lowest BCUT2D eigenvalue weighted by atomic mass is 10.1. The number of anilines is 2. The molecule has 0 unspecified atom stereocenters. The minimum Gasteiger partial charge on any atom is -0.325 e. The summed E-state index contributed by atoms with van der Waals surface area (Å²) >= 11 is 0. The lowest BCUT2D eigenvalue weighted by Crippen LogP contribution is -2.15. The van der Waals surface area contributed by atoms with Crippen molar-refractivity contribution < 1.29 is 22.8 Å². The summed E-state index contributed by atoms with van der Waals surface area (Å²) in [4.78, 5) is 34.7. The predicted molar refractivity (Wildman–Crippen MR) is 96.0 cm³/mol. The number of nitrogens with one attached hydrogen (secondary N) is 2. The van der Waals surface area contributed by atoms with Gasteiger partial charge >= 0.3 is 0 Å². The monoisotopic (exact) mass is 372 g/mol. The Hall–Kier alpha value is -3.00. The number of benzene rings is 2. The van der Waals surface area contributed by atoms with E-state index in [4.69, 9.17) is 0 Å². The molecule has 0 aromatic heterocycles. The van der Waals surface area contributed by atoms with Crippen molar-refractivity contribution in [2.45, 2.75) is 25.2 Å². The Morgan fingerprint density at radius 1 is 1.04 bits per heavy atom. The summed E-state index contributed by atoms with van der Waals surface area (Å²) < 4.78 is 28.0. The van der Waals surface area contributed by atoms with Crippen molar-refractivity contribution in [2.75, 3.05) is 10.0 Å². The normalized spacial score (nSPS) is 13.1. The molecule has 0 fully saturated rings. The van der Waals surface area contributed by atoms with E-state index in [1.807, 2.05) is 0 Å². The van der Waals surface area contributed by atoms with Crippen molar-refractivity contribution in [1.82, 2.24) is 0 Å². The van der Waals surface area contributed by atoms with E-state index in [2.05, 4.69) is 10.0 Å². The Labute approximate surface area is 150 Å². The summed E-state index contributed by atoms with van der Waals surface area (Å²) in [5.74, 6) is -0.913. The topological polar surface area (TPSA) is 109 Å². The largest absolute Gasteiger partial charge is 0.325 e. The van der Waals surface area contributed by atoms with Crippen LogP contribution >= 0.6 is 0 Å². The summed E-state index contributed by atoms with van der Waals surface area (Å²) in [5, 5.41) is 2.65. The average Bonchev–Trinajstić information content (AvgIpc) is 2.95. The zero-order valence-corrected chi connectivity index (χ0v) is 14.9. The van der Waals surface area contributed by atoms with Gasteiger partial charge in [-0.2, -0.15) is 0 Å². The molecule has 7 nitrogen and oxygen atoms in total. The highest BCUT2D eigenvalue weighted by Crippen LogP contribution is 2.31. The van der Waals surface area contributed by atoms with Gasteiger partial charge in [-0.25, -0.2) is 8.42 Å². The predicted octanol–water partition coefficient (Wildman–Crippen LogP) is 2.39. The van der Waals surface area contributed by atoms with Gasteiger partial charge in [0.1, 0.15) is 0 Å². The molecule has 1 heterocycles. The van der Waals surface area contributed by atoms with Crippen molar-refractivity contribution in [3.05, 3.63) is 53.1 Å². The molecule has 0 spiro atoms. The van der Waals surface area contributed by atoms with Crippen molar-refractivity contribution in [3.63, 3.8) is 0 Å². The third-order valence-electron chi connectivity index (χ3n) is 4.06. The van der Waals surface area contributed by atoms with Gasteiger partial charge in [-0.1, -0.05) is 6.07 Å². The lowest BCUT2D eigenvalue weighted by Gasteiger charge is -2.13. The number of hydrogen-bond acceptors (Lipinski definition) is 5. The number of ketones is 2. The quantitative estimate of drug-likeness (QED) is 0.783. The van der Waals surface area contributed by atoms with Crippen molar-refractivity contribution >= 4 is 38.9 Å². The Bertz CT molecular complexity index is 1020. The van der Waals surface area contributed by atoms with E-state index < -0.39 is 10.0 Å². The Morgan fingerprint density at radius 3 is 2.23 bits per heavy atom. The van der Waals surface area contributed by atoms with Gasteiger partial charge in [0, 0.05) is 22.4 Å². The summed E-state index contributed by atoms with van der Waals surface area (Å²) in [6.45, 7) is 2.59. The molecule has 2 N–H and O–H groups in total. The van der Waals surface area contributed by atoms with Crippen LogP contribution in [-0.4, -0.2) is 25.9 Å². The maximum absolute atomic E-state index is 12.8. The first-order valence-corrected chi connectivity index (χ1v) is 9.27. The number of carbonyl (C=O) groups is 3. The minimum absolute atomic E-state index is 0.0697. The standard InChI is InChI=1S/C18H16N2O5S/c1-10(21)12-6-13(11(2)22)8-14(7-12)26(24,25)20-17-5-3-4-16-15(17)9-18(23)19-16/h3-8,20H,9H2,1-2H3,(H,19,23). The third kappa shape index (κ3) is 3.36. The van der Waals surface area contributed by atoms with E-state index in [0.29, 0.717) is 11.3 Å². The van der Waals surface area contributed by atoms with Crippen LogP contribution in [0, 0.1) is 0 Å². The zero-order valence-electron chi connectivity index (χ0n) is 14.1. The van der Waals surface area contributed by atoms with Crippen LogP contribution < -0.4 is 10.0 Å². The molecule has 0 aliphatic carbocycles. The lowest BCUT2D eigenvalue weighted by molar-refractivity contribution is -0.115. The fraction of sp³-hybridized carbons (Fsp3) is 0.167. The summed E-state index contributed by atoms with van der Waals surface area (Å²) in [5.41, 5.74) is 1.65. The van der Waals surface area contributed by atoms with E-state index in [1.54, 1.807) is 18.2 Å². The first-order chi connectivity index (χ1) is 12.2. The number of amides is 1. The molecule has 1 amide bonds. The fourth-order valence-corrected chi connectivity index (χ4v) is 3.87. The molecule has 0 radical (unpaired) electrons. The molecule has 0 saturated heterocycles. The second-order valence-electron chi connectivity index (χ2n) is 6.02. The van der Waals surface area contributed by atoms with Crippen molar-refractivity contribution in [2.24, 2.45) is 0 Å². The highest BCUT2D eigenvalue weighted by Gasteiger charge is 2.24. The van der Waals surface area contributed by atoms with Gasteiger partial charge in [0.25, 0.3) is 10.0 Å². The van der Waals surface area contributed by atoms with E-state index in [9.17, 15) is 22.8 Å². The molecular formula is C18H16N2O5S. The van der Waals surface area contributed by atoms with Crippen LogP contribution in [0.5, 0.6) is 0 Å². The van der Waals surface area contributed by atoms with Crippen LogP contribution in [-0.2, 0) is 21.2 Å². The van der Waals surface area contributed by atoms with Gasteiger partial charge < -0.3 is 5.32 Å². The molecule has 2 aromatic rings. The van der Waals surface area contributed by atoms with Gasteiger partial charge in [-0.3, -0.25) is 19.1 Å². The molecule has 8 heteroatoms. The fourth-order valence-electron chi connectivity index (χ4n) is 2.71. The molecule has 0 saturated carbocycles. The maximum Gasteiger partial charge on any atom is 0.261 e. The molecule has 1 aliphatic rings. The summed E-state index contributed by atoms with van der Waals surface area (Å²) in [7, 11) is -4.06. The molecule has 0 atom stereocenters. The zero-order chi connectivity index (χ0) is 19.1. The summed E-state index contributed by atoms with van der Waals surface area (Å²) in [6.07, 6.45) is 0.0697. The van der Waals surface area contributed by atoms with Crippen LogP contribution in [0.15, 0.2) is 41.3 Å². The van der Waals surface area contributed by atoms with E-state index >= 15 is 0 Å². The van der Waals surface area contributed by atoms with Crippen LogP contribution in [0.3, 0.4) is 0 Å². The van der Waals surface area contributed by atoms with Crippen molar-refractivity contribution in [3.8, 4) is 0 Å². The highest BCUT2D eigenvalue weighted by molar-refractivity contribution is 7.92. The maximum atomic E-state index is 12.8. The Balaban J connectivity index is 2.05. The Morgan fingerprint density at radius 2 is 1.65 bits per heavy atom. The molecule has 3 rings (SSSR count). The average molecular weight is 372 g/mol. The molecule has 0 bridgehead atoms. The summed E-state index contributed by atoms with van der Waals surface area (Å²) in [6, 6.07) is 8.68. The molecule has 134 valence electrons. The molecular weight excluding hydrogens is 356 g/mol. The van der Waals surface area contributed by atoms with Gasteiger partial charge in [-0.15, -0.1) is 0 Å². The molecule has 26 heavy (non-hydrogen) atoms. The van der Waals surface area contributed by atoms with E-state index in [-0.39, 0.29) is 45.6 Å². The molecule has 2 aromatic carbocycles. The van der Waals surface area contributed by atoms with E-state index in [0.717, 1.165) is 0 Å². The second-order valence-corrected chi connectivity index (χ2v) is 7.70. The second kappa shape index (κ2) is 6.38. The van der Waals surface area contributed by atoms with Crippen LogP contribution in [0.4, 0.5) is 11.4 Å². The Kier molecular flexibility index (Phi) is 4.37. The number of rotatable bonds is 5. The number of Topliss-reactive ketones (excluding diaryl/α,β-unsaturated/α-hetero) is 2.